The molecule has 1 atom stereocenters. The van der Waals surface area contributed by atoms with Gasteiger partial charge in [-0.3, -0.25) is 0 Å². The normalized spacial score (nSPS) is 22.1. The van der Waals surface area contributed by atoms with Crippen molar-refractivity contribution in [3.05, 3.63) is 28.2 Å². The quantitative estimate of drug-likeness (QED) is 0.838. The first-order chi connectivity index (χ1) is 8.43. The zero-order valence-electron chi connectivity index (χ0n) is 10.1. The van der Waals surface area contributed by atoms with Gasteiger partial charge in [-0.2, -0.15) is 4.31 Å². The monoisotopic (exact) mass is 307 g/mol. The zero-order valence-corrected chi connectivity index (χ0v) is 12.4. The molecule has 2 rings (SSSR count). The van der Waals surface area contributed by atoms with Crippen molar-refractivity contribution in [2.45, 2.75) is 37.1 Å². The van der Waals surface area contributed by atoms with Gasteiger partial charge in [-0.1, -0.05) is 29.6 Å². The van der Waals surface area contributed by atoms with Crippen LogP contribution in [0.1, 0.15) is 26.2 Å². The maximum atomic E-state index is 12.6. The SMILES string of the molecule is C[C@H]1CCCCN1S(=O)(=O)c1cc(Cl)ccc1Cl. The summed E-state index contributed by atoms with van der Waals surface area (Å²) < 4.78 is 26.6. The van der Waals surface area contributed by atoms with E-state index in [1.54, 1.807) is 6.07 Å². The van der Waals surface area contributed by atoms with Crippen molar-refractivity contribution in [3.8, 4) is 0 Å². The molecule has 3 nitrogen and oxygen atoms in total. The summed E-state index contributed by atoms with van der Waals surface area (Å²) >= 11 is 11.8. The first kappa shape index (κ1) is 14.1. The molecule has 1 aromatic rings. The van der Waals surface area contributed by atoms with Gasteiger partial charge in [-0.15, -0.1) is 0 Å². The third kappa shape index (κ3) is 2.67. The maximum Gasteiger partial charge on any atom is 0.244 e. The summed E-state index contributed by atoms with van der Waals surface area (Å²) in [6.45, 7) is 2.47. The summed E-state index contributed by atoms with van der Waals surface area (Å²) in [5.41, 5.74) is 0. The van der Waals surface area contributed by atoms with Crippen molar-refractivity contribution >= 4 is 33.2 Å². The lowest BCUT2D eigenvalue weighted by Crippen LogP contribution is -2.42. The largest absolute Gasteiger partial charge is 0.244 e. The molecule has 1 aromatic carbocycles. The highest BCUT2D eigenvalue weighted by molar-refractivity contribution is 7.89. The van der Waals surface area contributed by atoms with E-state index in [9.17, 15) is 8.42 Å². The highest BCUT2D eigenvalue weighted by Crippen LogP contribution is 2.31. The number of benzene rings is 1. The van der Waals surface area contributed by atoms with Crippen LogP contribution in [0.5, 0.6) is 0 Å². The summed E-state index contributed by atoms with van der Waals surface area (Å²) in [4.78, 5) is 0.102. The van der Waals surface area contributed by atoms with E-state index in [1.165, 1.54) is 16.4 Å². The molecular formula is C12H15Cl2NO2S. The molecule has 0 bridgehead atoms. The Hall–Kier alpha value is -0.290. The summed E-state index contributed by atoms with van der Waals surface area (Å²) in [5.74, 6) is 0. The second-order valence-corrected chi connectivity index (χ2v) is 7.24. The summed E-state index contributed by atoms with van der Waals surface area (Å²) in [6, 6.07) is 4.54. The average molecular weight is 308 g/mol. The Balaban J connectivity index is 2.44. The van der Waals surface area contributed by atoms with Crippen LogP contribution < -0.4 is 0 Å². The lowest BCUT2D eigenvalue weighted by Gasteiger charge is -2.32. The minimum atomic E-state index is -3.55. The fourth-order valence-corrected chi connectivity index (χ4v) is 4.67. The molecular weight excluding hydrogens is 293 g/mol. The third-order valence-corrected chi connectivity index (χ3v) is 5.95. The van der Waals surface area contributed by atoms with E-state index < -0.39 is 10.0 Å². The Kier molecular flexibility index (Phi) is 4.22. The number of hydrogen-bond donors (Lipinski definition) is 0. The number of nitrogens with zero attached hydrogens (tertiary/aromatic N) is 1. The highest BCUT2D eigenvalue weighted by atomic mass is 35.5. The number of hydrogen-bond acceptors (Lipinski definition) is 2. The number of rotatable bonds is 2. The van der Waals surface area contributed by atoms with Crippen molar-refractivity contribution in [3.63, 3.8) is 0 Å². The van der Waals surface area contributed by atoms with Gasteiger partial charge < -0.3 is 0 Å². The second kappa shape index (κ2) is 5.37. The Morgan fingerprint density at radius 3 is 2.67 bits per heavy atom. The van der Waals surface area contributed by atoms with E-state index in [1.807, 2.05) is 6.92 Å². The van der Waals surface area contributed by atoms with Crippen molar-refractivity contribution in [2.24, 2.45) is 0 Å². The molecule has 0 unspecified atom stereocenters. The van der Waals surface area contributed by atoms with Gasteiger partial charge in [-0.05, 0) is 38.0 Å². The van der Waals surface area contributed by atoms with E-state index in [0.717, 1.165) is 19.3 Å². The molecule has 0 radical (unpaired) electrons. The predicted octanol–water partition coefficient (Wildman–Crippen LogP) is 3.56. The summed E-state index contributed by atoms with van der Waals surface area (Å²) in [7, 11) is -3.55. The van der Waals surface area contributed by atoms with Crippen molar-refractivity contribution in [1.82, 2.24) is 4.31 Å². The highest BCUT2D eigenvalue weighted by Gasteiger charge is 2.32. The number of piperidine rings is 1. The molecule has 18 heavy (non-hydrogen) atoms. The van der Waals surface area contributed by atoms with E-state index in [2.05, 4.69) is 0 Å². The Labute approximate surface area is 118 Å². The third-order valence-electron chi connectivity index (χ3n) is 3.22. The van der Waals surface area contributed by atoms with Crippen LogP contribution in [0.25, 0.3) is 0 Å². The molecule has 0 aliphatic carbocycles. The molecule has 1 fully saturated rings. The standard InChI is InChI=1S/C12H15Cl2NO2S/c1-9-4-2-3-7-15(9)18(16,17)12-8-10(13)5-6-11(12)14/h5-6,8-9H,2-4,7H2,1H3/t9-/m0/s1. The Morgan fingerprint density at radius 2 is 2.00 bits per heavy atom. The molecule has 0 N–H and O–H groups in total. The molecule has 6 heteroatoms. The number of sulfonamides is 1. The van der Waals surface area contributed by atoms with Gasteiger partial charge in [0.25, 0.3) is 0 Å². The molecule has 100 valence electrons. The van der Waals surface area contributed by atoms with Crippen LogP contribution in [0.2, 0.25) is 10.0 Å². The van der Waals surface area contributed by atoms with Gasteiger partial charge in [0.2, 0.25) is 10.0 Å². The van der Waals surface area contributed by atoms with Crippen LogP contribution in [0, 0.1) is 0 Å². The van der Waals surface area contributed by atoms with Crippen molar-refractivity contribution in [1.29, 1.82) is 0 Å². The van der Waals surface area contributed by atoms with E-state index >= 15 is 0 Å². The smallest absolute Gasteiger partial charge is 0.207 e. The Bertz CT molecular complexity index is 545. The van der Waals surface area contributed by atoms with Gasteiger partial charge in [0.05, 0.1) is 5.02 Å². The maximum absolute atomic E-state index is 12.6. The average Bonchev–Trinajstić information content (AvgIpc) is 2.32. The minimum absolute atomic E-state index is 0.0128. The van der Waals surface area contributed by atoms with Crippen LogP contribution >= 0.6 is 23.2 Å². The molecule has 0 spiro atoms. The summed E-state index contributed by atoms with van der Waals surface area (Å²) in [6.07, 6.45) is 2.84. The fourth-order valence-electron chi connectivity index (χ4n) is 2.23. The van der Waals surface area contributed by atoms with Crippen LogP contribution in [0.3, 0.4) is 0 Å². The second-order valence-electron chi connectivity index (χ2n) is 4.54. The van der Waals surface area contributed by atoms with Crippen molar-refractivity contribution < 1.29 is 8.42 Å². The number of halogens is 2. The van der Waals surface area contributed by atoms with E-state index in [-0.39, 0.29) is 16.0 Å². The van der Waals surface area contributed by atoms with Gasteiger partial charge >= 0.3 is 0 Å². The predicted molar refractivity (Wildman–Crippen MR) is 73.7 cm³/mol. The molecule has 1 aliphatic rings. The van der Waals surface area contributed by atoms with Gasteiger partial charge in [-0.25, -0.2) is 8.42 Å². The fraction of sp³-hybridized carbons (Fsp3) is 0.500. The van der Waals surface area contributed by atoms with Crippen LogP contribution in [0.4, 0.5) is 0 Å². The zero-order chi connectivity index (χ0) is 13.3. The van der Waals surface area contributed by atoms with Crippen LogP contribution in [-0.4, -0.2) is 25.3 Å². The first-order valence-electron chi connectivity index (χ1n) is 5.90. The molecule has 1 heterocycles. The molecule has 0 amide bonds. The minimum Gasteiger partial charge on any atom is -0.207 e. The van der Waals surface area contributed by atoms with Gasteiger partial charge in [0.1, 0.15) is 4.90 Å². The molecule has 1 aliphatic heterocycles. The summed E-state index contributed by atoms with van der Waals surface area (Å²) in [5, 5.41) is 0.597. The van der Waals surface area contributed by atoms with E-state index in [4.69, 9.17) is 23.2 Å². The first-order valence-corrected chi connectivity index (χ1v) is 8.09. The lowest BCUT2D eigenvalue weighted by atomic mass is 10.1. The molecule has 1 saturated heterocycles. The van der Waals surface area contributed by atoms with Crippen LogP contribution in [0.15, 0.2) is 23.1 Å². The lowest BCUT2D eigenvalue weighted by molar-refractivity contribution is 0.268. The van der Waals surface area contributed by atoms with Crippen LogP contribution in [-0.2, 0) is 10.0 Å². The van der Waals surface area contributed by atoms with Gasteiger partial charge in [0, 0.05) is 17.6 Å². The molecule has 0 saturated carbocycles. The topological polar surface area (TPSA) is 37.4 Å². The van der Waals surface area contributed by atoms with Crippen molar-refractivity contribution in [2.75, 3.05) is 6.54 Å². The Morgan fingerprint density at radius 1 is 1.28 bits per heavy atom. The van der Waals surface area contributed by atoms with E-state index in [0.29, 0.717) is 11.6 Å². The molecule has 0 aromatic heterocycles. The van der Waals surface area contributed by atoms with Gasteiger partial charge in [0.15, 0.2) is 0 Å².